The van der Waals surface area contributed by atoms with Crippen LogP contribution in [-0.2, 0) is 6.54 Å². The lowest BCUT2D eigenvalue weighted by molar-refractivity contribution is 0.819. The zero-order valence-electron chi connectivity index (χ0n) is 14.3. The predicted molar refractivity (Wildman–Crippen MR) is 107 cm³/mol. The van der Waals surface area contributed by atoms with Gasteiger partial charge in [0.25, 0.3) is 0 Å². The Bertz CT molecular complexity index is 814. The van der Waals surface area contributed by atoms with Crippen molar-refractivity contribution in [2.24, 2.45) is 4.99 Å². The van der Waals surface area contributed by atoms with Gasteiger partial charge < -0.3 is 16.0 Å². The van der Waals surface area contributed by atoms with Crippen LogP contribution in [0, 0.1) is 0 Å². The Hall–Kier alpha value is -2.60. The van der Waals surface area contributed by atoms with Crippen LogP contribution >= 0.6 is 11.3 Å². The van der Waals surface area contributed by atoms with E-state index in [0.717, 1.165) is 42.3 Å². The van der Waals surface area contributed by atoms with E-state index in [9.17, 15) is 0 Å². The quantitative estimate of drug-likeness (QED) is 0.346. The summed E-state index contributed by atoms with van der Waals surface area (Å²) >= 11 is 1.70. The standard InChI is InChI=1S/C19H23N5S/c1-2-20-19(23-13-15-9-12-25-14-15)22-11-10-21-18-8-7-16-5-3-4-6-17(16)24-18/h3-9,12,14H,2,10-11,13H2,1H3,(H,21,24)(H2,20,22,23). The van der Waals surface area contributed by atoms with Gasteiger partial charge >= 0.3 is 0 Å². The molecule has 5 nitrogen and oxygen atoms in total. The van der Waals surface area contributed by atoms with Crippen LogP contribution in [0.3, 0.4) is 0 Å². The summed E-state index contributed by atoms with van der Waals surface area (Å²) in [6, 6.07) is 14.3. The molecule has 0 saturated heterocycles. The summed E-state index contributed by atoms with van der Waals surface area (Å²) in [5.74, 6) is 1.72. The average Bonchev–Trinajstić information content (AvgIpc) is 3.16. The second-order valence-corrected chi connectivity index (χ2v) is 6.35. The summed E-state index contributed by atoms with van der Waals surface area (Å²) in [7, 11) is 0. The fourth-order valence-corrected chi connectivity index (χ4v) is 3.09. The van der Waals surface area contributed by atoms with Crippen LogP contribution in [0.15, 0.2) is 58.2 Å². The number of aromatic nitrogens is 1. The van der Waals surface area contributed by atoms with Crippen molar-refractivity contribution in [2.45, 2.75) is 13.5 Å². The number of guanidine groups is 1. The molecule has 25 heavy (non-hydrogen) atoms. The van der Waals surface area contributed by atoms with Gasteiger partial charge in [-0.15, -0.1) is 0 Å². The molecule has 0 radical (unpaired) electrons. The maximum atomic E-state index is 4.61. The molecular weight excluding hydrogens is 330 g/mol. The van der Waals surface area contributed by atoms with Crippen LogP contribution in [0.2, 0.25) is 0 Å². The lowest BCUT2D eigenvalue weighted by Crippen LogP contribution is -2.39. The van der Waals surface area contributed by atoms with Crippen LogP contribution in [-0.4, -0.2) is 30.6 Å². The highest BCUT2D eigenvalue weighted by molar-refractivity contribution is 7.07. The van der Waals surface area contributed by atoms with Crippen molar-refractivity contribution in [1.29, 1.82) is 0 Å². The SMILES string of the molecule is CCNC(=NCc1ccsc1)NCCNc1ccc2ccccc2n1. The van der Waals surface area contributed by atoms with Gasteiger partial charge in [-0.2, -0.15) is 11.3 Å². The van der Waals surface area contributed by atoms with Crippen molar-refractivity contribution in [1.82, 2.24) is 15.6 Å². The number of hydrogen-bond acceptors (Lipinski definition) is 4. The molecule has 0 unspecified atom stereocenters. The van der Waals surface area contributed by atoms with Crippen molar-refractivity contribution >= 4 is 34.0 Å². The molecular formula is C19H23N5S. The Kier molecular flexibility index (Phi) is 6.23. The Labute approximate surface area is 152 Å². The monoisotopic (exact) mass is 353 g/mol. The van der Waals surface area contributed by atoms with E-state index >= 15 is 0 Å². The van der Waals surface area contributed by atoms with Crippen LogP contribution < -0.4 is 16.0 Å². The van der Waals surface area contributed by atoms with E-state index in [-0.39, 0.29) is 0 Å². The van der Waals surface area contributed by atoms with Crippen molar-refractivity contribution < 1.29 is 0 Å². The number of thiophene rings is 1. The molecule has 0 aliphatic rings. The first-order chi connectivity index (χ1) is 12.3. The maximum Gasteiger partial charge on any atom is 0.191 e. The summed E-state index contributed by atoms with van der Waals surface area (Å²) in [5.41, 5.74) is 2.24. The summed E-state index contributed by atoms with van der Waals surface area (Å²) in [5, 5.41) is 15.3. The van der Waals surface area contributed by atoms with Crippen LogP contribution in [0.25, 0.3) is 10.9 Å². The van der Waals surface area contributed by atoms with Crippen LogP contribution in [0.5, 0.6) is 0 Å². The second kappa shape index (κ2) is 9.03. The van der Waals surface area contributed by atoms with Crippen molar-refractivity contribution in [3.8, 4) is 0 Å². The van der Waals surface area contributed by atoms with E-state index < -0.39 is 0 Å². The van der Waals surface area contributed by atoms with Gasteiger partial charge in [0, 0.05) is 25.0 Å². The lowest BCUT2D eigenvalue weighted by Gasteiger charge is -2.12. The maximum absolute atomic E-state index is 4.61. The van der Waals surface area contributed by atoms with E-state index in [1.165, 1.54) is 5.56 Å². The zero-order valence-corrected chi connectivity index (χ0v) is 15.1. The normalized spacial score (nSPS) is 11.5. The van der Waals surface area contributed by atoms with Crippen molar-refractivity contribution in [3.05, 3.63) is 58.8 Å². The Balaban J connectivity index is 1.48. The van der Waals surface area contributed by atoms with Crippen LogP contribution in [0.4, 0.5) is 5.82 Å². The van der Waals surface area contributed by atoms with Gasteiger partial charge in [-0.25, -0.2) is 9.98 Å². The van der Waals surface area contributed by atoms with Crippen molar-refractivity contribution in [3.63, 3.8) is 0 Å². The Morgan fingerprint density at radius 3 is 2.84 bits per heavy atom. The summed E-state index contributed by atoms with van der Waals surface area (Å²) < 4.78 is 0. The number of pyridine rings is 1. The number of anilines is 1. The third-order valence-electron chi connectivity index (χ3n) is 3.67. The van der Waals surface area contributed by atoms with E-state index in [1.807, 2.05) is 24.3 Å². The number of rotatable bonds is 7. The fraction of sp³-hybridized carbons (Fsp3) is 0.263. The van der Waals surface area contributed by atoms with Gasteiger partial charge in [-0.1, -0.05) is 18.2 Å². The molecule has 0 fully saturated rings. The third kappa shape index (κ3) is 5.19. The number of para-hydroxylation sites is 1. The molecule has 2 aromatic heterocycles. The van der Waals surface area contributed by atoms with Gasteiger partial charge in [0.2, 0.25) is 0 Å². The number of nitrogens with one attached hydrogen (secondary N) is 3. The van der Waals surface area contributed by atoms with E-state index in [2.05, 4.69) is 61.8 Å². The summed E-state index contributed by atoms with van der Waals surface area (Å²) in [6.45, 7) is 5.14. The molecule has 6 heteroatoms. The molecule has 0 amide bonds. The number of fused-ring (bicyclic) bond motifs is 1. The smallest absolute Gasteiger partial charge is 0.191 e. The highest BCUT2D eigenvalue weighted by Crippen LogP contribution is 2.14. The second-order valence-electron chi connectivity index (χ2n) is 5.57. The molecule has 3 N–H and O–H groups in total. The van der Waals surface area contributed by atoms with Gasteiger partial charge in [0.15, 0.2) is 5.96 Å². The molecule has 0 bridgehead atoms. The first kappa shape index (κ1) is 17.2. The minimum absolute atomic E-state index is 0.693. The van der Waals surface area contributed by atoms with Gasteiger partial charge in [0.1, 0.15) is 5.82 Å². The molecule has 0 spiro atoms. The first-order valence-corrected chi connectivity index (χ1v) is 9.42. The number of hydrogen-bond donors (Lipinski definition) is 3. The molecule has 0 atom stereocenters. The average molecular weight is 353 g/mol. The minimum Gasteiger partial charge on any atom is -0.368 e. The summed E-state index contributed by atoms with van der Waals surface area (Å²) in [4.78, 5) is 9.21. The first-order valence-electron chi connectivity index (χ1n) is 8.48. The minimum atomic E-state index is 0.693. The lowest BCUT2D eigenvalue weighted by atomic mass is 10.2. The highest BCUT2D eigenvalue weighted by atomic mass is 32.1. The van der Waals surface area contributed by atoms with Crippen LogP contribution in [0.1, 0.15) is 12.5 Å². The van der Waals surface area contributed by atoms with E-state index in [4.69, 9.17) is 0 Å². The molecule has 3 aromatic rings. The zero-order chi connectivity index (χ0) is 17.3. The molecule has 0 aliphatic carbocycles. The topological polar surface area (TPSA) is 61.3 Å². The largest absolute Gasteiger partial charge is 0.368 e. The number of benzene rings is 1. The molecule has 0 aliphatic heterocycles. The number of aliphatic imine (C=N–C) groups is 1. The molecule has 1 aromatic carbocycles. The fourth-order valence-electron chi connectivity index (χ4n) is 2.43. The van der Waals surface area contributed by atoms with E-state index in [0.29, 0.717) is 6.54 Å². The molecule has 3 rings (SSSR count). The third-order valence-corrected chi connectivity index (χ3v) is 4.40. The predicted octanol–water partition coefficient (Wildman–Crippen LogP) is 3.46. The summed E-state index contributed by atoms with van der Waals surface area (Å²) in [6.07, 6.45) is 0. The van der Waals surface area contributed by atoms with Crippen molar-refractivity contribution in [2.75, 3.05) is 25.0 Å². The van der Waals surface area contributed by atoms with Gasteiger partial charge in [0.05, 0.1) is 12.1 Å². The molecule has 2 heterocycles. The Morgan fingerprint density at radius 1 is 1.08 bits per heavy atom. The van der Waals surface area contributed by atoms with Gasteiger partial charge in [-0.3, -0.25) is 0 Å². The molecule has 130 valence electrons. The number of nitrogens with zero attached hydrogens (tertiary/aromatic N) is 2. The van der Waals surface area contributed by atoms with Gasteiger partial charge in [-0.05, 0) is 47.5 Å². The molecule has 0 saturated carbocycles. The highest BCUT2D eigenvalue weighted by Gasteiger charge is 1.99. The van der Waals surface area contributed by atoms with E-state index in [1.54, 1.807) is 11.3 Å². The Morgan fingerprint density at radius 2 is 2.00 bits per heavy atom.